The molecule has 2 aromatic heterocycles. The Morgan fingerprint density at radius 2 is 1.97 bits per heavy atom. The van der Waals surface area contributed by atoms with Crippen molar-refractivity contribution in [1.82, 2.24) is 19.8 Å². The minimum Gasteiger partial charge on any atom is -0.467 e. The number of benzene rings is 1. The molecule has 162 valence electrons. The monoisotopic (exact) mass is 440 g/mol. The summed E-state index contributed by atoms with van der Waals surface area (Å²) >= 11 is 0. The van der Waals surface area contributed by atoms with Gasteiger partial charge >= 0.3 is 0 Å². The van der Waals surface area contributed by atoms with Crippen molar-refractivity contribution in [3.8, 4) is 0 Å². The summed E-state index contributed by atoms with van der Waals surface area (Å²) in [5, 5.41) is 11.1. The molecular formula is C22H24N4O4S. The van der Waals surface area contributed by atoms with Gasteiger partial charge in [-0.3, -0.25) is 9.89 Å². The van der Waals surface area contributed by atoms with E-state index in [1.807, 2.05) is 30.3 Å². The lowest BCUT2D eigenvalue weighted by Gasteiger charge is -2.29. The lowest BCUT2D eigenvalue weighted by atomic mass is 9.94. The van der Waals surface area contributed by atoms with Gasteiger partial charge in [-0.25, -0.2) is 8.42 Å². The molecule has 0 spiro atoms. The molecule has 31 heavy (non-hydrogen) atoms. The first-order valence-electron chi connectivity index (χ1n) is 10.1. The summed E-state index contributed by atoms with van der Waals surface area (Å²) < 4.78 is 31.9. The van der Waals surface area contributed by atoms with Crippen LogP contribution in [0.5, 0.6) is 0 Å². The van der Waals surface area contributed by atoms with Gasteiger partial charge in [-0.1, -0.05) is 30.3 Å². The van der Waals surface area contributed by atoms with Crippen molar-refractivity contribution in [3.63, 3.8) is 0 Å². The number of aromatic amines is 1. The number of sulfonamides is 1. The molecule has 0 saturated carbocycles. The first kappa shape index (κ1) is 21.1. The zero-order chi connectivity index (χ0) is 21.7. The van der Waals surface area contributed by atoms with E-state index in [2.05, 4.69) is 15.5 Å². The van der Waals surface area contributed by atoms with Crippen LogP contribution in [0.25, 0.3) is 6.08 Å². The van der Waals surface area contributed by atoms with E-state index in [4.69, 9.17) is 4.42 Å². The van der Waals surface area contributed by atoms with E-state index in [0.29, 0.717) is 43.9 Å². The SMILES string of the molecule is O=C(NCc1ccco1)c1cc(C2CCN(S(=O)(=O)/C=C/c3ccccc3)CC2)[nH]n1. The van der Waals surface area contributed by atoms with E-state index in [-0.39, 0.29) is 11.8 Å². The maximum atomic E-state index is 12.6. The van der Waals surface area contributed by atoms with Gasteiger partial charge in [0.05, 0.1) is 12.8 Å². The first-order valence-corrected chi connectivity index (χ1v) is 11.6. The molecule has 1 aliphatic heterocycles. The zero-order valence-corrected chi connectivity index (χ0v) is 17.7. The van der Waals surface area contributed by atoms with E-state index >= 15 is 0 Å². The number of nitrogens with one attached hydrogen (secondary N) is 2. The number of amides is 1. The van der Waals surface area contributed by atoms with Crippen molar-refractivity contribution < 1.29 is 17.6 Å². The third-order valence-corrected chi connectivity index (χ3v) is 6.88. The van der Waals surface area contributed by atoms with Crippen LogP contribution in [0.3, 0.4) is 0 Å². The lowest BCUT2D eigenvalue weighted by molar-refractivity contribution is 0.0943. The van der Waals surface area contributed by atoms with E-state index in [1.54, 1.807) is 30.5 Å². The van der Waals surface area contributed by atoms with Crippen molar-refractivity contribution in [1.29, 1.82) is 0 Å². The average molecular weight is 441 g/mol. The second-order valence-electron chi connectivity index (χ2n) is 7.40. The van der Waals surface area contributed by atoms with Gasteiger partial charge in [0.25, 0.3) is 5.91 Å². The molecule has 9 heteroatoms. The van der Waals surface area contributed by atoms with Crippen LogP contribution in [-0.4, -0.2) is 41.9 Å². The third kappa shape index (κ3) is 5.31. The fraction of sp³-hybridized carbons (Fsp3) is 0.273. The highest BCUT2D eigenvalue weighted by Crippen LogP contribution is 2.28. The van der Waals surface area contributed by atoms with Gasteiger partial charge in [0.15, 0.2) is 0 Å². The molecule has 0 bridgehead atoms. The Morgan fingerprint density at radius 3 is 2.68 bits per heavy atom. The Morgan fingerprint density at radius 1 is 1.19 bits per heavy atom. The molecular weight excluding hydrogens is 416 g/mol. The number of hydrogen-bond acceptors (Lipinski definition) is 5. The van der Waals surface area contributed by atoms with Crippen LogP contribution < -0.4 is 5.32 Å². The van der Waals surface area contributed by atoms with Crippen LogP contribution in [0.4, 0.5) is 0 Å². The number of rotatable bonds is 7. The van der Waals surface area contributed by atoms with Gasteiger partial charge < -0.3 is 9.73 Å². The summed E-state index contributed by atoms with van der Waals surface area (Å²) in [6.45, 7) is 1.14. The quantitative estimate of drug-likeness (QED) is 0.587. The van der Waals surface area contributed by atoms with Crippen LogP contribution in [0.1, 0.15) is 46.3 Å². The van der Waals surface area contributed by atoms with Gasteiger partial charge in [-0.05, 0) is 42.7 Å². The van der Waals surface area contributed by atoms with Gasteiger partial charge in [0, 0.05) is 30.1 Å². The summed E-state index contributed by atoms with van der Waals surface area (Å²) in [5.41, 5.74) is 2.00. The highest BCUT2D eigenvalue weighted by atomic mass is 32.2. The molecule has 0 radical (unpaired) electrons. The Bertz CT molecular complexity index is 1130. The van der Waals surface area contributed by atoms with Crippen LogP contribution >= 0.6 is 0 Å². The molecule has 1 aromatic carbocycles. The molecule has 0 atom stereocenters. The van der Waals surface area contributed by atoms with Crippen LogP contribution in [0.15, 0.2) is 64.6 Å². The minimum atomic E-state index is -3.47. The van der Waals surface area contributed by atoms with E-state index in [0.717, 1.165) is 11.3 Å². The van der Waals surface area contributed by atoms with Crippen LogP contribution in [0, 0.1) is 0 Å². The third-order valence-electron chi connectivity index (χ3n) is 5.32. The molecule has 1 amide bonds. The molecule has 0 unspecified atom stereocenters. The highest BCUT2D eigenvalue weighted by Gasteiger charge is 2.28. The zero-order valence-electron chi connectivity index (χ0n) is 16.9. The lowest BCUT2D eigenvalue weighted by Crippen LogP contribution is -2.36. The highest BCUT2D eigenvalue weighted by molar-refractivity contribution is 7.92. The molecule has 1 saturated heterocycles. The minimum absolute atomic E-state index is 0.128. The van der Waals surface area contributed by atoms with E-state index < -0.39 is 10.0 Å². The fourth-order valence-corrected chi connectivity index (χ4v) is 4.79. The van der Waals surface area contributed by atoms with Gasteiger partial charge in [-0.2, -0.15) is 9.40 Å². The predicted octanol–water partition coefficient (Wildman–Crippen LogP) is 3.11. The number of nitrogens with zero attached hydrogens (tertiary/aromatic N) is 2. The van der Waals surface area contributed by atoms with Gasteiger partial charge in [0.1, 0.15) is 11.5 Å². The maximum absolute atomic E-state index is 12.6. The van der Waals surface area contributed by atoms with Crippen molar-refractivity contribution in [2.24, 2.45) is 0 Å². The molecule has 1 fully saturated rings. The number of aromatic nitrogens is 2. The Balaban J connectivity index is 1.31. The average Bonchev–Trinajstić information content (AvgIpc) is 3.49. The summed E-state index contributed by atoms with van der Waals surface area (Å²) in [4.78, 5) is 12.3. The summed E-state index contributed by atoms with van der Waals surface area (Å²) in [5.74, 6) is 0.507. The van der Waals surface area contributed by atoms with Gasteiger partial charge in [-0.15, -0.1) is 0 Å². The molecule has 2 N–H and O–H groups in total. The number of furan rings is 1. The Labute approximate surface area is 181 Å². The molecule has 3 aromatic rings. The fourth-order valence-electron chi connectivity index (χ4n) is 3.57. The molecule has 4 rings (SSSR count). The predicted molar refractivity (Wildman–Crippen MR) is 116 cm³/mol. The topological polar surface area (TPSA) is 108 Å². The van der Waals surface area contributed by atoms with Crippen molar-refractivity contribution in [3.05, 3.63) is 82.9 Å². The largest absolute Gasteiger partial charge is 0.467 e. The second kappa shape index (κ2) is 9.32. The van der Waals surface area contributed by atoms with E-state index in [1.165, 1.54) is 9.71 Å². The molecule has 0 aliphatic carbocycles. The molecule has 3 heterocycles. The Hall–Kier alpha value is -3.17. The van der Waals surface area contributed by atoms with Gasteiger partial charge in [0.2, 0.25) is 10.0 Å². The number of H-pyrrole nitrogens is 1. The second-order valence-corrected chi connectivity index (χ2v) is 9.22. The van der Waals surface area contributed by atoms with Crippen LogP contribution in [0.2, 0.25) is 0 Å². The first-order chi connectivity index (χ1) is 15.0. The van der Waals surface area contributed by atoms with Crippen LogP contribution in [-0.2, 0) is 16.6 Å². The standard InChI is InChI=1S/C22H24N4O4S/c27-22(23-16-19-7-4-13-30-19)21-15-20(24-25-21)18-8-11-26(12-9-18)31(28,29)14-10-17-5-2-1-3-6-17/h1-7,10,13-15,18H,8-9,11-12,16H2,(H,23,27)(H,24,25)/b14-10+. The van der Waals surface area contributed by atoms with Crippen molar-refractivity contribution >= 4 is 22.0 Å². The van der Waals surface area contributed by atoms with Crippen molar-refractivity contribution in [2.75, 3.05) is 13.1 Å². The molecule has 8 nitrogen and oxygen atoms in total. The maximum Gasteiger partial charge on any atom is 0.272 e. The summed E-state index contributed by atoms with van der Waals surface area (Å²) in [6, 6.07) is 14.6. The van der Waals surface area contributed by atoms with Crippen molar-refractivity contribution in [2.45, 2.75) is 25.3 Å². The number of piperidine rings is 1. The Kier molecular flexibility index (Phi) is 6.34. The van der Waals surface area contributed by atoms with E-state index in [9.17, 15) is 13.2 Å². The summed E-state index contributed by atoms with van der Waals surface area (Å²) in [7, 11) is -3.47. The molecule has 1 aliphatic rings. The number of carbonyl (C=O) groups is 1. The number of carbonyl (C=O) groups excluding carboxylic acids is 1. The normalized spacial score (nSPS) is 16.0. The summed E-state index contributed by atoms with van der Waals surface area (Å²) in [6.07, 6.45) is 4.49. The smallest absolute Gasteiger partial charge is 0.272 e. The number of hydrogen-bond donors (Lipinski definition) is 2.